The van der Waals surface area contributed by atoms with Gasteiger partial charge in [0.2, 0.25) is 0 Å². The Morgan fingerprint density at radius 2 is 1.93 bits per heavy atom. The third-order valence-electron chi connectivity index (χ3n) is 1.68. The van der Waals surface area contributed by atoms with E-state index in [1.54, 1.807) is 24.5 Å². The van der Waals surface area contributed by atoms with Gasteiger partial charge in [-0.05, 0) is 16.9 Å². The fraction of sp³-hybridized carbons (Fsp3) is 0. The molecule has 0 aliphatic rings. The molecule has 4 nitrogen and oxygen atoms in total. The van der Waals surface area contributed by atoms with Gasteiger partial charge < -0.3 is 12.4 Å². The maximum atomic E-state index is 5.68. The molecule has 15 heavy (non-hydrogen) atoms. The van der Waals surface area contributed by atoms with E-state index in [4.69, 9.17) is 10.6 Å². The van der Waals surface area contributed by atoms with Crippen molar-refractivity contribution in [3.05, 3.63) is 48.8 Å². The number of pyridine rings is 2. The van der Waals surface area contributed by atoms with Crippen molar-refractivity contribution >= 4 is 5.82 Å². The average Bonchev–Trinajstić information content (AvgIpc) is 2.23. The number of aromatic nitrogens is 2. The van der Waals surface area contributed by atoms with Crippen LogP contribution in [0.1, 0.15) is 0 Å². The minimum atomic E-state index is 0. The monoisotopic (exact) mass is 223 g/mol. The molecule has 0 aromatic carbocycles. The minimum absolute atomic E-state index is 0. The van der Waals surface area contributed by atoms with Crippen molar-refractivity contribution in [1.29, 1.82) is 0 Å². The quantitative estimate of drug-likeness (QED) is 0.588. The van der Waals surface area contributed by atoms with Crippen LogP contribution in [0.15, 0.2) is 48.8 Å². The van der Waals surface area contributed by atoms with Gasteiger partial charge in [0.25, 0.3) is 5.88 Å². The molecule has 0 amide bonds. The summed E-state index contributed by atoms with van der Waals surface area (Å²) in [5.41, 5.74) is 5.68. The summed E-state index contributed by atoms with van der Waals surface area (Å²) in [6.45, 7) is 0. The third-order valence-corrected chi connectivity index (χ3v) is 1.68. The van der Waals surface area contributed by atoms with Crippen molar-refractivity contribution in [2.45, 2.75) is 0 Å². The van der Waals surface area contributed by atoms with Crippen molar-refractivity contribution in [1.82, 2.24) is 4.98 Å². The van der Waals surface area contributed by atoms with E-state index >= 15 is 0 Å². The lowest BCUT2D eigenvalue weighted by atomic mass is 10.5. The second-order valence-corrected chi connectivity index (χ2v) is 2.71. The SMILES string of the molecule is Nc1cccc[n+]1Oc1ccccn1.[Cl-]. The lowest BCUT2D eigenvalue weighted by molar-refractivity contribution is -0.864. The van der Waals surface area contributed by atoms with E-state index in [-0.39, 0.29) is 12.4 Å². The molecular formula is C10H10ClN3O. The summed E-state index contributed by atoms with van der Waals surface area (Å²) < 4.78 is 1.46. The van der Waals surface area contributed by atoms with E-state index in [1.165, 1.54) is 4.73 Å². The zero-order valence-electron chi connectivity index (χ0n) is 7.88. The number of anilines is 1. The van der Waals surface area contributed by atoms with Crippen LogP contribution in [0.25, 0.3) is 0 Å². The van der Waals surface area contributed by atoms with Crippen molar-refractivity contribution in [3.8, 4) is 5.88 Å². The van der Waals surface area contributed by atoms with Crippen LogP contribution in [0, 0.1) is 0 Å². The first kappa shape index (κ1) is 11.3. The first-order valence-electron chi connectivity index (χ1n) is 4.22. The Balaban J connectivity index is 0.00000112. The first-order valence-corrected chi connectivity index (χ1v) is 4.22. The topological polar surface area (TPSA) is 52.0 Å². The van der Waals surface area contributed by atoms with Crippen LogP contribution in [0.2, 0.25) is 0 Å². The van der Waals surface area contributed by atoms with Gasteiger partial charge in [0.05, 0.1) is 0 Å². The Kier molecular flexibility index (Phi) is 3.88. The Hall–Kier alpha value is -1.81. The van der Waals surface area contributed by atoms with E-state index in [0.29, 0.717) is 11.7 Å². The van der Waals surface area contributed by atoms with Gasteiger partial charge in [-0.25, -0.2) is 4.98 Å². The molecule has 2 aromatic heterocycles. The zero-order chi connectivity index (χ0) is 9.80. The minimum Gasteiger partial charge on any atom is -1.00 e. The lowest BCUT2D eigenvalue weighted by Crippen LogP contribution is -3.00. The molecule has 0 saturated carbocycles. The molecule has 78 valence electrons. The first-order chi connectivity index (χ1) is 6.86. The van der Waals surface area contributed by atoms with Crippen molar-refractivity contribution in [2.75, 3.05) is 5.73 Å². The highest BCUT2D eigenvalue weighted by Crippen LogP contribution is 2.02. The predicted molar refractivity (Wildman–Crippen MR) is 51.3 cm³/mol. The van der Waals surface area contributed by atoms with E-state index in [1.807, 2.05) is 24.3 Å². The molecule has 0 spiro atoms. The Morgan fingerprint density at radius 1 is 1.13 bits per heavy atom. The van der Waals surface area contributed by atoms with Gasteiger partial charge in [-0.15, -0.1) is 0 Å². The summed E-state index contributed by atoms with van der Waals surface area (Å²) in [4.78, 5) is 9.41. The fourth-order valence-electron chi connectivity index (χ4n) is 1.03. The Bertz CT molecular complexity index is 422. The van der Waals surface area contributed by atoms with Gasteiger partial charge in [-0.3, -0.25) is 10.6 Å². The van der Waals surface area contributed by atoms with Crippen molar-refractivity contribution in [2.24, 2.45) is 0 Å². The van der Waals surface area contributed by atoms with Gasteiger partial charge in [0.1, 0.15) is 6.20 Å². The molecule has 0 radical (unpaired) electrons. The highest BCUT2D eigenvalue weighted by atomic mass is 35.5. The van der Waals surface area contributed by atoms with Crippen LogP contribution >= 0.6 is 0 Å². The molecule has 0 unspecified atom stereocenters. The summed E-state index contributed by atoms with van der Waals surface area (Å²) in [7, 11) is 0. The number of hydrogen-bond donors (Lipinski definition) is 1. The van der Waals surface area contributed by atoms with Crippen molar-refractivity contribution < 1.29 is 22.0 Å². The van der Waals surface area contributed by atoms with Crippen molar-refractivity contribution in [3.63, 3.8) is 0 Å². The molecule has 0 aliphatic heterocycles. The van der Waals surface area contributed by atoms with E-state index < -0.39 is 0 Å². The number of nitrogens with two attached hydrogens (primary N) is 1. The number of hydrogen-bond acceptors (Lipinski definition) is 3. The van der Waals surface area contributed by atoms with E-state index in [9.17, 15) is 0 Å². The van der Waals surface area contributed by atoms with E-state index in [0.717, 1.165) is 0 Å². The van der Waals surface area contributed by atoms with Crippen LogP contribution in [-0.2, 0) is 0 Å². The van der Waals surface area contributed by atoms with E-state index in [2.05, 4.69) is 4.98 Å². The van der Waals surface area contributed by atoms with Gasteiger partial charge in [-0.1, -0.05) is 12.1 Å². The smallest absolute Gasteiger partial charge is 0.312 e. The van der Waals surface area contributed by atoms with Crippen LogP contribution < -0.4 is 27.7 Å². The molecule has 0 fully saturated rings. The molecule has 0 saturated heterocycles. The molecule has 0 aliphatic carbocycles. The molecule has 2 rings (SSSR count). The predicted octanol–water partition coefficient (Wildman–Crippen LogP) is -2.20. The summed E-state index contributed by atoms with van der Waals surface area (Å²) in [6, 6.07) is 10.9. The summed E-state index contributed by atoms with van der Waals surface area (Å²) in [6.07, 6.45) is 3.39. The van der Waals surface area contributed by atoms with Crippen LogP contribution in [0.5, 0.6) is 5.88 Å². The Labute approximate surface area is 93.7 Å². The van der Waals surface area contributed by atoms with Crippen LogP contribution in [0.3, 0.4) is 0 Å². The lowest BCUT2D eigenvalue weighted by Gasteiger charge is -2.01. The van der Waals surface area contributed by atoms with Gasteiger partial charge >= 0.3 is 5.82 Å². The second kappa shape index (κ2) is 5.17. The molecular weight excluding hydrogens is 214 g/mol. The average molecular weight is 224 g/mol. The number of halogens is 1. The fourth-order valence-corrected chi connectivity index (χ4v) is 1.03. The molecule has 0 bridgehead atoms. The van der Waals surface area contributed by atoms with Crippen LogP contribution in [-0.4, -0.2) is 4.98 Å². The third kappa shape index (κ3) is 2.82. The highest BCUT2D eigenvalue weighted by Gasteiger charge is 2.04. The standard InChI is InChI=1S/C10H9N3O.ClH/c11-9-5-2-4-8-13(9)14-10-6-1-3-7-12-10;/h1-8,11H;1H. The largest absolute Gasteiger partial charge is 1.00 e. The summed E-state index contributed by atoms with van der Waals surface area (Å²) in [5, 5.41) is 0. The maximum absolute atomic E-state index is 5.68. The molecule has 2 N–H and O–H groups in total. The Morgan fingerprint density at radius 3 is 2.60 bits per heavy atom. The highest BCUT2D eigenvalue weighted by molar-refractivity contribution is 5.18. The van der Waals surface area contributed by atoms with Crippen LogP contribution in [0.4, 0.5) is 5.82 Å². The number of rotatable bonds is 2. The molecule has 5 heteroatoms. The van der Waals surface area contributed by atoms with Gasteiger partial charge in [-0.2, -0.15) is 0 Å². The normalized spacial score (nSPS) is 9.07. The zero-order valence-corrected chi connectivity index (χ0v) is 8.63. The molecule has 2 aromatic rings. The van der Waals surface area contributed by atoms with Gasteiger partial charge in [0.15, 0.2) is 0 Å². The second-order valence-electron chi connectivity index (χ2n) is 2.71. The van der Waals surface area contributed by atoms with Gasteiger partial charge in [0, 0.05) is 18.3 Å². The molecule has 2 heterocycles. The number of nitrogens with zero attached hydrogens (tertiary/aromatic N) is 2. The summed E-state index contributed by atoms with van der Waals surface area (Å²) >= 11 is 0. The number of nitrogen functional groups attached to an aromatic ring is 1. The maximum Gasteiger partial charge on any atom is 0.312 e. The molecule has 0 atom stereocenters. The summed E-state index contributed by atoms with van der Waals surface area (Å²) in [5.74, 6) is 1.04.